The molecule has 0 spiro atoms. The molecule has 1 aromatic heterocycles. The molecule has 0 aliphatic carbocycles. The predicted molar refractivity (Wildman–Crippen MR) is 48.7 cm³/mol. The Morgan fingerprint density at radius 3 is 3.31 bits per heavy atom. The van der Waals surface area contributed by atoms with Crippen LogP contribution in [0.1, 0.15) is 5.56 Å². The van der Waals surface area contributed by atoms with Crippen LogP contribution in [-0.2, 0) is 6.42 Å². The maximum atomic E-state index is 5.52. The summed E-state index contributed by atoms with van der Waals surface area (Å²) < 4.78 is 5.52. The van der Waals surface area contributed by atoms with Gasteiger partial charge in [0.15, 0.2) is 0 Å². The molecule has 2 heterocycles. The number of aromatic nitrogens is 2. The van der Waals surface area contributed by atoms with Crippen molar-refractivity contribution in [1.82, 2.24) is 9.97 Å². The number of ether oxygens (including phenoxy) is 1. The number of hydrogen-bond acceptors (Lipinski definition) is 3. The van der Waals surface area contributed by atoms with Crippen molar-refractivity contribution in [2.45, 2.75) is 6.42 Å². The van der Waals surface area contributed by atoms with Crippen LogP contribution in [0, 0.1) is 0 Å². The molecule has 3 nitrogen and oxygen atoms in total. The normalized spacial score (nSPS) is 14.2. The average molecular weight is 172 g/mol. The second-order valence-electron chi connectivity index (χ2n) is 3.11. The molecule has 1 aromatic carbocycles. The lowest BCUT2D eigenvalue weighted by atomic mass is 10.1. The Morgan fingerprint density at radius 1 is 1.31 bits per heavy atom. The maximum absolute atomic E-state index is 5.52. The first kappa shape index (κ1) is 6.83. The van der Waals surface area contributed by atoms with Gasteiger partial charge in [0.1, 0.15) is 17.6 Å². The number of rotatable bonds is 0. The smallest absolute Gasteiger partial charge is 0.148 e. The minimum Gasteiger partial charge on any atom is -0.491 e. The van der Waals surface area contributed by atoms with Crippen LogP contribution in [0.25, 0.3) is 10.9 Å². The zero-order valence-electron chi connectivity index (χ0n) is 7.03. The van der Waals surface area contributed by atoms with Crippen LogP contribution in [0.4, 0.5) is 0 Å². The Balaban J connectivity index is 2.43. The molecule has 0 saturated carbocycles. The van der Waals surface area contributed by atoms with Crippen molar-refractivity contribution in [1.29, 1.82) is 0 Å². The van der Waals surface area contributed by atoms with E-state index < -0.39 is 0 Å². The largest absolute Gasteiger partial charge is 0.491 e. The lowest BCUT2D eigenvalue weighted by molar-refractivity contribution is 0.359. The Kier molecular flexibility index (Phi) is 1.27. The first-order valence-electron chi connectivity index (χ1n) is 4.29. The quantitative estimate of drug-likeness (QED) is 0.605. The van der Waals surface area contributed by atoms with Gasteiger partial charge < -0.3 is 4.74 Å². The Morgan fingerprint density at radius 2 is 2.31 bits per heavy atom. The summed E-state index contributed by atoms with van der Waals surface area (Å²) in [5, 5.41) is 1.04. The average Bonchev–Trinajstić information content (AvgIpc) is 2.65. The lowest BCUT2D eigenvalue weighted by Gasteiger charge is -2.01. The Labute approximate surface area is 75.4 Å². The fourth-order valence-corrected chi connectivity index (χ4v) is 1.69. The number of benzene rings is 1. The monoisotopic (exact) mass is 172 g/mol. The van der Waals surface area contributed by atoms with E-state index in [0.29, 0.717) is 0 Å². The minimum atomic E-state index is 0.776. The van der Waals surface area contributed by atoms with Gasteiger partial charge in [-0.1, -0.05) is 12.1 Å². The molecule has 0 atom stereocenters. The van der Waals surface area contributed by atoms with Gasteiger partial charge in [0.2, 0.25) is 0 Å². The van der Waals surface area contributed by atoms with E-state index in [1.165, 1.54) is 5.56 Å². The number of hydrogen-bond donors (Lipinski definition) is 0. The predicted octanol–water partition coefficient (Wildman–Crippen LogP) is 1.56. The van der Waals surface area contributed by atoms with Crippen LogP contribution in [-0.4, -0.2) is 16.6 Å². The van der Waals surface area contributed by atoms with E-state index >= 15 is 0 Å². The van der Waals surface area contributed by atoms with Crippen molar-refractivity contribution < 1.29 is 4.74 Å². The summed E-state index contributed by atoms with van der Waals surface area (Å²) in [5.41, 5.74) is 2.19. The van der Waals surface area contributed by atoms with Crippen molar-refractivity contribution in [3.63, 3.8) is 0 Å². The molecule has 0 bridgehead atoms. The fraction of sp³-hybridized carbons (Fsp3) is 0.200. The van der Waals surface area contributed by atoms with E-state index in [-0.39, 0.29) is 0 Å². The van der Waals surface area contributed by atoms with E-state index in [1.807, 2.05) is 12.3 Å². The molecular formula is C10H8N2O. The summed E-state index contributed by atoms with van der Waals surface area (Å²) >= 11 is 0. The zero-order valence-corrected chi connectivity index (χ0v) is 7.03. The van der Waals surface area contributed by atoms with E-state index in [0.717, 1.165) is 29.7 Å². The number of nitrogens with zero attached hydrogens (tertiary/aromatic N) is 2. The van der Waals surface area contributed by atoms with Crippen molar-refractivity contribution in [2.75, 3.05) is 6.61 Å². The van der Waals surface area contributed by atoms with Crippen LogP contribution in [0.5, 0.6) is 5.75 Å². The molecule has 1 aliphatic rings. The first-order valence-corrected chi connectivity index (χ1v) is 4.29. The van der Waals surface area contributed by atoms with Gasteiger partial charge in [-0.25, -0.2) is 9.97 Å². The second kappa shape index (κ2) is 2.42. The van der Waals surface area contributed by atoms with E-state index in [1.54, 1.807) is 6.33 Å². The maximum Gasteiger partial charge on any atom is 0.148 e. The Hall–Kier alpha value is -1.64. The highest BCUT2D eigenvalue weighted by molar-refractivity contribution is 5.85. The van der Waals surface area contributed by atoms with Crippen LogP contribution in [0.2, 0.25) is 0 Å². The summed E-state index contributed by atoms with van der Waals surface area (Å²) in [6.07, 6.45) is 4.36. The molecule has 1 aliphatic heterocycles. The van der Waals surface area contributed by atoms with Crippen molar-refractivity contribution in [2.24, 2.45) is 0 Å². The van der Waals surface area contributed by atoms with E-state index in [2.05, 4.69) is 16.0 Å². The van der Waals surface area contributed by atoms with Crippen molar-refractivity contribution in [3.05, 3.63) is 30.2 Å². The number of fused-ring (bicyclic) bond motifs is 3. The van der Waals surface area contributed by atoms with Gasteiger partial charge in [-0.15, -0.1) is 0 Å². The Bertz CT molecular complexity index is 467. The molecular weight excluding hydrogens is 164 g/mol. The van der Waals surface area contributed by atoms with Crippen LogP contribution in [0.3, 0.4) is 0 Å². The third kappa shape index (κ3) is 0.900. The van der Waals surface area contributed by atoms with Crippen LogP contribution < -0.4 is 4.74 Å². The molecule has 3 rings (SSSR count). The lowest BCUT2D eigenvalue weighted by Crippen LogP contribution is -1.88. The SMILES string of the molecule is c1ncc2ccc3c(c2n1)OCC3. The standard InChI is InChI=1S/C10H8N2O/c1-2-8-5-11-6-12-9(8)10-7(1)3-4-13-10/h1-2,5-6H,3-4H2. The van der Waals surface area contributed by atoms with Crippen molar-refractivity contribution >= 4 is 10.9 Å². The highest BCUT2D eigenvalue weighted by Crippen LogP contribution is 2.31. The molecule has 0 saturated heterocycles. The summed E-state index contributed by atoms with van der Waals surface area (Å²) in [6, 6.07) is 4.14. The summed E-state index contributed by atoms with van der Waals surface area (Å²) in [6.45, 7) is 0.776. The van der Waals surface area contributed by atoms with Gasteiger partial charge in [-0.05, 0) is 5.56 Å². The van der Waals surface area contributed by atoms with E-state index in [4.69, 9.17) is 4.74 Å². The molecule has 3 heteroatoms. The van der Waals surface area contributed by atoms with Crippen LogP contribution >= 0.6 is 0 Å². The molecule has 0 unspecified atom stereocenters. The third-order valence-corrected chi connectivity index (χ3v) is 2.33. The first-order chi connectivity index (χ1) is 6.45. The molecule has 2 aromatic rings. The molecule has 0 N–H and O–H groups in total. The summed E-state index contributed by atoms with van der Waals surface area (Å²) in [7, 11) is 0. The van der Waals surface area contributed by atoms with Gasteiger partial charge in [-0.2, -0.15) is 0 Å². The molecule has 0 amide bonds. The van der Waals surface area contributed by atoms with Gasteiger partial charge in [0.25, 0.3) is 0 Å². The van der Waals surface area contributed by atoms with Gasteiger partial charge in [0, 0.05) is 18.0 Å². The summed E-state index contributed by atoms with van der Waals surface area (Å²) in [5.74, 6) is 0.944. The van der Waals surface area contributed by atoms with E-state index in [9.17, 15) is 0 Å². The molecule has 13 heavy (non-hydrogen) atoms. The summed E-state index contributed by atoms with van der Waals surface area (Å²) in [4.78, 5) is 8.19. The topological polar surface area (TPSA) is 35.0 Å². The van der Waals surface area contributed by atoms with Crippen LogP contribution in [0.15, 0.2) is 24.7 Å². The van der Waals surface area contributed by atoms with Gasteiger partial charge in [0.05, 0.1) is 6.61 Å². The van der Waals surface area contributed by atoms with Gasteiger partial charge >= 0.3 is 0 Å². The molecule has 64 valence electrons. The molecule has 0 radical (unpaired) electrons. The molecule has 0 fully saturated rings. The third-order valence-electron chi connectivity index (χ3n) is 2.33. The van der Waals surface area contributed by atoms with Crippen molar-refractivity contribution in [3.8, 4) is 5.75 Å². The highest BCUT2D eigenvalue weighted by Gasteiger charge is 2.15. The second-order valence-corrected chi connectivity index (χ2v) is 3.11. The highest BCUT2D eigenvalue weighted by atomic mass is 16.5. The van der Waals surface area contributed by atoms with Gasteiger partial charge in [-0.3, -0.25) is 0 Å². The fourth-order valence-electron chi connectivity index (χ4n) is 1.69. The zero-order chi connectivity index (χ0) is 8.67. The minimum absolute atomic E-state index is 0.776.